The molecule has 0 aliphatic rings. The summed E-state index contributed by atoms with van der Waals surface area (Å²) in [6, 6.07) is 10.1. The van der Waals surface area contributed by atoms with E-state index in [1.807, 2.05) is 18.2 Å². The third-order valence-corrected chi connectivity index (χ3v) is 4.66. The Kier molecular flexibility index (Phi) is 3.56. The standard InChI is InChI=1S/C15H12Br2N2O/c1-2-8-3-5-9(6-4-8)15-19-11-7-10(16)13(18)12(17)14(11)20-15/h3-7H,2,18H2,1H3. The number of anilines is 1. The van der Waals surface area contributed by atoms with E-state index in [9.17, 15) is 0 Å². The number of nitrogens with two attached hydrogens (primary N) is 1. The predicted octanol–water partition coefficient (Wildman–Crippen LogP) is 5.16. The second-order valence-corrected chi connectivity index (χ2v) is 6.15. The van der Waals surface area contributed by atoms with E-state index in [1.165, 1.54) is 5.56 Å². The van der Waals surface area contributed by atoms with Crippen LogP contribution in [0, 0.1) is 0 Å². The number of oxazole rings is 1. The summed E-state index contributed by atoms with van der Waals surface area (Å²) in [4.78, 5) is 4.52. The summed E-state index contributed by atoms with van der Waals surface area (Å²) in [5.41, 5.74) is 10.3. The zero-order chi connectivity index (χ0) is 14.3. The smallest absolute Gasteiger partial charge is 0.227 e. The van der Waals surface area contributed by atoms with Gasteiger partial charge in [-0.1, -0.05) is 19.1 Å². The second kappa shape index (κ2) is 5.22. The van der Waals surface area contributed by atoms with E-state index >= 15 is 0 Å². The molecule has 2 N–H and O–H groups in total. The lowest BCUT2D eigenvalue weighted by Gasteiger charge is -2.00. The Hall–Kier alpha value is -1.33. The van der Waals surface area contributed by atoms with Gasteiger partial charge in [0.2, 0.25) is 5.89 Å². The van der Waals surface area contributed by atoms with Gasteiger partial charge in [-0.2, -0.15) is 0 Å². The predicted molar refractivity (Wildman–Crippen MR) is 88.6 cm³/mol. The molecule has 5 heteroatoms. The minimum Gasteiger partial charge on any atom is -0.435 e. The van der Waals surface area contributed by atoms with Crippen molar-refractivity contribution in [2.24, 2.45) is 0 Å². The molecule has 0 saturated heterocycles. The van der Waals surface area contributed by atoms with Crippen molar-refractivity contribution in [3.63, 3.8) is 0 Å². The van der Waals surface area contributed by atoms with Gasteiger partial charge < -0.3 is 10.2 Å². The SMILES string of the molecule is CCc1ccc(-c2nc3cc(Br)c(N)c(Br)c3o2)cc1. The quantitative estimate of drug-likeness (QED) is 0.609. The van der Waals surface area contributed by atoms with Crippen molar-refractivity contribution >= 4 is 48.6 Å². The highest BCUT2D eigenvalue weighted by molar-refractivity contribution is 9.11. The summed E-state index contributed by atoms with van der Waals surface area (Å²) in [7, 11) is 0. The third-order valence-electron chi connectivity index (χ3n) is 3.22. The van der Waals surface area contributed by atoms with Crippen LogP contribution in [0.3, 0.4) is 0 Å². The largest absolute Gasteiger partial charge is 0.435 e. The highest BCUT2D eigenvalue weighted by Gasteiger charge is 2.15. The van der Waals surface area contributed by atoms with Gasteiger partial charge in [0.25, 0.3) is 0 Å². The molecule has 0 atom stereocenters. The van der Waals surface area contributed by atoms with Crippen LogP contribution in [0.5, 0.6) is 0 Å². The first-order chi connectivity index (χ1) is 9.60. The molecule has 0 amide bonds. The Morgan fingerprint density at radius 3 is 2.55 bits per heavy atom. The molecule has 2 aromatic carbocycles. The number of nitrogen functional groups attached to an aromatic ring is 1. The summed E-state index contributed by atoms with van der Waals surface area (Å²) in [6.45, 7) is 2.13. The molecular weight excluding hydrogens is 384 g/mol. The molecule has 0 radical (unpaired) electrons. The zero-order valence-electron chi connectivity index (χ0n) is 10.8. The molecule has 0 unspecified atom stereocenters. The molecule has 102 valence electrons. The molecule has 3 nitrogen and oxygen atoms in total. The van der Waals surface area contributed by atoms with E-state index in [1.54, 1.807) is 0 Å². The molecule has 3 aromatic rings. The van der Waals surface area contributed by atoms with Gasteiger partial charge in [-0.15, -0.1) is 0 Å². The van der Waals surface area contributed by atoms with Gasteiger partial charge in [-0.3, -0.25) is 0 Å². The number of fused-ring (bicyclic) bond motifs is 1. The van der Waals surface area contributed by atoms with Crippen molar-refractivity contribution in [3.8, 4) is 11.5 Å². The van der Waals surface area contributed by atoms with Crippen LogP contribution in [0.1, 0.15) is 12.5 Å². The molecule has 3 rings (SSSR count). The van der Waals surface area contributed by atoms with Crippen LogP contribution in [0.15, 0.2) is 43.7 Å². The molecule has 1 heterocycles. The minimum absolute atomic E-state index is 0.598. The molecule has 0 fully saturated rings. The van der Waals surface area contributed by atoms with Crippen LogP contribution in [0.25, 0.3) is 22.6 Å². The molecular formula is C15H12Br2N2O. The summed E-state index contributed by atoms with van der Waals surface area (Å²) < 4.78 is 7.37. The van der Waals surface area contributed by atoms with Gasteiger partial charge in [0, 0.05) is 10.0 Å². The number of halogens is 2. The van der Waals surface area contributed by atoms with Crippen LogP contribution < -0.4 is 5.73 Å². The number of benzene rings is 2. The highest BCUT2D eigenvalue weighted by atomic mass is 79.9. The Bertz CT molecular complexity index is 779. The average Bonchev–Trinajstić information content (AvgIpc) is 2.89. The first-order valence-electron chi connectivity index (χ1n) is 6.23. The highest BCUT2D eigenvalue weighted by Crippen LogP contribution is 2.37. The molecule has 0 spiro atoms. The Morgan fingerprint density at radius 1 is 1.20 bits per heavy atom. The fourth-order valence-corrected chi connectivity index (χ4v) is 3.20. The van der Waals surface area contributed by atoms with E-state index in [4.69, 9.17) is 10.2 Å². The zero-order valence-corrected chi connectivity index (χ0v) is 14.0. The van der Waals surface area contributed by atoms with Crippen LogP contribution in [-0.2, 0) is 6.42 Å². The van der Waals surface area contributed by atoms with E-state index in [-0.39, 0.29) is 0 Å². The number of aryl methyl sites for hydroxylation is 1. The van der Waals surface area contributed by atoms with Crippen LogP contribution in [0.4, 0.5) is 5.69 Å². The van der Waals surface area contributed by atoms with Gasteiger partial charge in [-0.25, -0.2) is 4.98 Å². The van der Waals surface area contributed by atoms with Crippen molar-refractivity contribution in [2.45, 2.75) is 13.3 Å². The summed E-state index contributed by atoms with van der Waals surface area (Å²) in [5.74, 6) is 0.598. The first kappa shape index (κ1) is 13.6. The van der Waals surface area contributed by atoms with Gasteiger partial charge in [0.1, 0.15) is 5.52 Å². The van der Waals surface area contributed by atoms with Crippen molar-refractivity contribution in [2.75, 3.05) is 5.73 Å². The maximum absolute atomic E-state index is 5.95. The van der Waals surface area contributed by atoms with Gasteiger partial charge >= 0.3 is 0 Å². The number of aromatic nitrogens is 1. The Labute approximate surface area is 133 Å². The van der Waals surface area contributed by atoms with Crippen molar-refractivity contribution < 1.29 is 4.42 Å². The van der Waals surface area contributed by atoms with Crippen LogP contribution in [-0.4, -0.2) is 4.98 Å². The van der Waals surface area contributed by atoms with Crippen LogP contribution >= 0.6 is 31.9 Å². The lowest BCUT2D eigenvalue weighted by Crippen LogP contribution is -1.88. The lowest BCUT2D eigenvalue weighted by molar-refractivity contribution is 0.618. The molecule has 20 heavy (non-hydrogen) atoms. The average molecular weight is 396 g/mol. The fraction of sp³-hybridized carbons (Fsp3) is 0.133. The maximum Gasteiger partial charge on any atom is 0.227 e. The maximum atomic E-state index is 5.95. The summed E-state index contributed by atoms with van der Waals surface area (Å²) >= 11 is 6.87. The molecule has 1 aromatic heterocycles. The summed E-state index contributed by atoms with van der Waals surface area (Å²) in [5, 5.41) is 0. The number of nitrogens with zero attached hydrogens (tertiary/aromatic N) is 1. The topological polar surface area (TPSA) is 52.0 Å². The van der Waals surface area contributed by atoms with E-state index in [0.29, 0.717) is 17.2 Å². The number of rotatable bonds is 2. The monoisotopic (exact) mass is 394 g/mol. The van der Waals surface area contributed by atoms with Crippen LogP contribution in [0.2, 0.25) is 0 Å². The van der Waals surface area contributed by atoms with Gasteiger partial charge in [0.15, 0.2) is 5.58 Å². The molecule has 0 aliphatic carbocycles. The lowest BCUT2D eigenvalue weighted by atomic mass is 10.1. The number of hydrogen-bond acceptors (Lipinski definition) is 3. The van der Waals surface area contributed by atoms with Gasteiger partial charge in [-0.05, 0) is 62.0 Å². The minimum atomic E-state index is 0.598. The third kappa shape index (κ3) is 2.25. The van der Waals surface area contributed by atoms with E-state index < -0.39 is 0 Å². The molecule has 0 aliphatic heterocycles. The van der Waals surface area contributed by atoms with E-state index in [2.05, 4.69) is 55.9 Å². The second-order valence-electron chi connectivity index (χ2n) is 4.50. The van der Waals surface area contributed by atoms with Crippen molar-refractivity contribution in [1.82, 2.24) is 4.98 Å². The van der Waals surface area contributed by atoms with Gasteiger partial charge in [0.05, 0.1) is 10.2 Å². The molecule has 0 saturated carbocycles. The van der Waals surface area contributed by atoms with E-state index in [0.717, 1.165) is 26.4 Å². The Balaban J connectivity index is 2.15. The fourth-order valence-electron chi connectivity index (χ4n) is 2.02. The number of hydrogen-bond donors (Lipinski definition) is 1. The summed E-state index contributed by atoms with van der Waals surface area (Å²) in [6.07, 6.45) is 1.02. The Morgan fingerprint density at radius 2 is 1.90 bits per heavy atom. The first-order valence-corrected chi connectivity index (χ1v) is 7.82. The van der Waals surface area contributed by atoms with Crippen molar-refractivity contribution in [1.29, 1.82) is 0 Å². The normalized spacial score (nSPS) is 11.2. The molecule has 0 bridgehead atoms. The van der Waals surface area contributed by atoms with Crippen molar-refractivity contribution in [3.05, 3.63) is 44.8 Å².